The first-order valence-electron chi connectivity index (χ1n) is 4.55. The monoisotopic (exact) mass is 203 g/mol. The van der Waals surface area contributed by atoms with Gasteiger partial charge in [0.1, 0.15) is 0 Å². The van der Waals surface area contributed by atoms with Crippen LogP contribution in [-0.4, -0.2) is 18.8 Å². The summed E-state index contributed by atoms with van der Waals surface area (Å²) in [7, 11) is 1.31. The molecular weight excluding hydrogens is 190 g/mol. The van der Waals surface area contributed by atoms with Gasteiger partial charge in [-0.25, -0.2) is 4.79 Å². The van der Waals surface area contributed by atoms with Crippen molar-refractivity contribution in [2.45, 2.75) is 6.92 Å². The summed E-state index contributed by atoms with van der Waals surface area (Å²) in [5.74, 6) is -0.480. The Morgan fingerprint density at radius 1 is 1.33 bits per heavy atom. The maximum absolute atomic E-state index is 11.3. The fourth-order valence-electron chi connectivity index (χ4n) is 1.15. The van der Waals surface area contributed by atoms with Crippen molar-refractivity contribution < 1.29 is 9.53 Å². The van der Waals surface area contributed by atoms with Gasteiger partial charge in [0.2, 0.25) is 0 Å². The van der Waals surface area contributed by atoms with E-state index in [-0.39, 0.29) is 11.3 Å². The highest BCUT2D eigenvalue weighted by Gasteiger charge is 2.11. The van der Waals surface area contributed by atoms with Crippen LogP contribution in [0.3, 0.4) is 0 Å². The lowest BCUT2D eigenvalue weighted by Crippen LogP contribution is -2.10. The van der Waals surface area contributed by atoms with E-state index in [9.17, 15) is 4.79 Å². The van der Waals surface area contributed by atoms with E-state index in [0.29, 0.717) is 0 Å². The first kappa shape index (κ1) is 11.2. The molecule has 0 bridgehead atoms. The first-order chi connectivity index (χ1) is 7.15. The summed E-state index contributed by atoms with van der Waals surface area (Å²) in [6.45, 7) is 1.56. The van der Waals surface area contributed by atoms with Crippen molar-refractivity contribution in [1.29, 1.82) is 5.41 Å². The lowest BCUT2D eigenvalue weighted by molar-refractivity contribution is -0.135. The number of ether oxygens (including phenoxy) is 1. The van der Waals surface area contributed by atoms with Gasteiger partial charge in [0.15, 0.2) is 0 Å². The molecule has 3 heteroatoms. The largest absolute Gasteiger partial charge is 0.465 e. The van der Waals surface area contributed by atoms with Gasteiger partial charge in [0.25, 0.3) is 0 Å². The van der Waals surface area contributed by atoms with Gasteiger partial charge in [-0.2, -0.15) is 0 Å². The Hall–Kier alpha value is -1.90. The van der Waals surface area contributed by atoms with Crippen LogP contribution >= 0.6 is 0 Å². The van der Waals surface area contributed by atoms with E-state index in [1.165, 1.54) is 7.11 Å². The highest BCUT2D eigenvalue weighted by molar-refractivity contribution is 6.20. The van der Waals surface area contributed by atoms with Crippen molar-refractivity contribution in [3.63, 3.8) is 0 Å². The van der Waals surface area contributed by atoms with Gasteiger partial charge in [-0.1, -0.05) is 30.3 Å². The van der Waals surface area contributed by atoms with Crippen LogP contribution in [0.4, 0.5) is 0 Å². The third-order valence-corrected chi connectivity index (χ3v) is 1.92. The second kappa shape index (κ2) is 5.10. The van der Waals surface area contributed by atoms with Crippen LogP contribution in [0.1, 0.15) is 12.5 Å². The standard InChI is InChI=1S/C12H13NO2/c1-9(13)11(12(14)15-2)8-10-6-4-3-5-7-10/h3-8,13H,1-2H3/b11-8+,13-9?. The average Bonchev–Trinajstić information content (AvgIpc) is 2.26. The van der Waals surface area contributed by atoms with Crippen molar-refractivity contribution in [3.05, 3.63) is 41.5 Å². The molecule has 0 aliphatic rings. The predicted molar refractivity (Wildman–Crippen MR) is 59.8 cm³/mol. The minimum Gasteiger partial charge on any atom is -0.465 e. The van der Waals surface area contributed by atoms with Crippen LogP contribution in [0.15, 0.2) is 35.9 Å². The van der Waals surface area contributed by atoms with E-state index < -0.39 is 5.97 Å². The summed E-state index contributed by atoms with van der Waals surface area (Å²) in [6, 6.07) is 9.38. The highest BCUT2D eigenvalue weighted by Crippen LogP contribution is 2.08. The number of hydrogen-bond acceptors (Lipinski definition) is 3. The molecule has 1 aromatic carbocycles. The molecule has 0 aliphatic heterocycles. The third-order valence-electron chi connectivity index (χ3n) is 1.92. The second-order valence-corrected chi connectivity index (χ2v) is 3.09. The summed E-state index contributed by atoms with van der Waals surface area (Å²) >= 11 is 0. The van der Waals surface area contributed by atoms with Crippen LogP contribution < -0.4 is 0 Å². The maximum atomic E-state index is 11.3. The SMILES string of the molecule is COC(=O)/C(=C/c1ccccc1)C(C)=N. The molecule has 1 aromatic rings. The number of methoxy groups -OCH3 is 1. The number of carbonyl (C=O) groups is 1. The molecule has 1 N–H and O–H groups in total. The Labute approximate surface area is 88.9 Å². The molecule has 0 radical (unpaired) electrons. The fraction of sp³-hybridized carbons (Fsp3) is 0.167. The Bertz CT molecular complexity index is 393. The molecule has 0 saturated carbocycles. The van der Waals surface area contributed by atoms with Gasteiger partial charge in [-0.15, -0.1) is 0 Å². The molecule has 0 aliphatic carbocycles. The topological polar surface area (TPSA) is 50.2 Å². The highest BCUT2D eigenvalue weighted by atomic mass is 16.5. The molecule has 15 heavy (non-hydrogen) atoms. The number of esters is 1. The van der Waals surface area contributed by atoms with E-state index in [1.54, 1.807) is 13.0 Å². The van der Waals surface area contributed by atoms with Crippen molar-refractivity contribution in [3.8, 4) is 0 Å². The molecule has 0 aromatic heterocycles. The van der Waals surface area contributed by atoms with Gasteiger partial charge < -0.3 is 10.1 Å². The molecule has 0 unspecified atom stereocenters. The molecule has 3 nitrogen and oxygen atoms in total. The third kappa shape index (κ3) is 3.06. The quantitative estimate of drug-likeness (QED) is 0.465. The van der Waals surface area contributed by atoms with Crippen molar-refractivity contribution in [2.75, 3.05) is 7.11 Å². The molecule has 78 valence electrons. The fourth-order valence-corrected chi connectivity index (χ4v) is 1.15. The second-order valence-electron chi connectivity index (χ2n) is 3.09. The van der Waals surface area contributed by atoms with E-state index in [1.807, 2.05) is 30.3 Å². The van der Waals surface area contributed by atoms with Crippen molar-refractivity contribution in [2.24, 2.45) is 0 Å². The van der Waals surface area contributed by atoms with Gasteiger partial charge in [-0.05, 0) is 18.6 Å². The number of benzene rings is 1. The molecular formula is C12H13NO2. The molecule has 0 spiro atoms. The van der Waals surface area contributed by atoms with Crippen LogP contribution in [0.25, 0.3) is 6.08 Å². The average molecular weight is 203 g/mol. The van der Waals surface area contributed by atoms with E-state index in [0.717, 1.165) is 5.56 Å². The minimum atomic E-state index is -0.480. The molecule has 0 amide bonds. The number of carbonyl (C=O) groups excluding carboxylic acids is 1. The number of hydrogen-bond donors (Lipinski definition) is 1. The van der Waals surface area contributed by atoms with Crippen LogP contribution in [-0.2, 0) is 9.53 Å². The summed E-state index contributed by atoms with van der Waals surface area (Å²) < 4.78 is 4.60. The van der Waals surface area contributed by atoms with E-state index in [2.05, 4.69) is 4.74 Å². The molecule has 1 rings (SSSR count). The smallest absolute Gasteiger partial charge is 0.339 e. The molecule has 0 fully saturated rings. The van der Waals surface area contributed by atoms with Crippen molar-refractivity contribution in [1.82, 2.24) is 0 Å². The predicted octanol–water partition coefficient (Wildman–Crippen LogP) is 2.28. The summed E-state index contributed by atoms with van der Waals surface area (Å²) in [4.78, 5) is 11.3. The lowest BCUT2D eigenvalue weighted by Gasteiger charge is -2.03. The van der Waals surface area contributed by atoms with Gasteiger partial charge in [-0.3, -0.25) is 0 Å². The van der Waals surface area contributed by atoms with Gasteiger partial charge in [0, 0.05) is 5.71 Å². The Morgan fingerprint density at radius 3 is 2.40 bits per heavy atom. The zero-order valence-corrected chi connectivity index (χ0v) is 8.78. The van der Waals surface area contributed by atoms with Crippen LogP contribution in [0, 0.1) is 5.41 Å². The zero-order chi connectivity index (χ0) is 11.3. The van der Waals surface area contributed by atoms with Gasteiger partial charge in [0.05, 0.1) is 12.7 Å². The normalized spacial score (nSPS) is 10.9. The lowest BCUT2D eigenvalue weighted by atomic mass is 10.1. The number of rotatable bonds is 3. The number of nitrogens with one attached hydrogen (secondary N) is 1. The summed E-state index contributed by atoms with van der Waals surface area (Å²) in [5, 5.41) is 7.47. The maximum Gasteiger partial charge on any atom is 0.339 e. The molecule has 0 saturated heterocycles. The Balaban J connectivity index is 3.05. The molecule has 0 atom stereocenters. The Kier molecular flexibility index (Phi) is 3.80. The Morgan fingerprint density at radius 2 is 1.93 bits per heavy atom. The minimum absolute atomic E-state index is 0.200. The van der Waals surface area contributed by atoms with E-state index in [4.69, 9.17) is 5.41 Å². The summed E-state index contributed by atoms with van der Waals surface area (Å²) in [5.41, 5.74) is 1.36. The first-order valence-corrected chi connectivity index (χ1v) is 4.55. The zero-order valence-electron chi connectivity index (χ0n) is 8.78. The van der Waals surface area contributed by atoms with Crippen LogP contribution in [0.5, 0.6) is 0 Å². The summed E-state index contributed by atoms with van der Waals surface area (Å²) in [6.07, 6.45) is 1.65. The van der Waals surface area contributed by atoms with Crippen molar-refractivity contribution >= 4 is 17.8 Å². The van der Waals surface area contributed by atoms with Crippen LogP contribution in [0.2, 0.25) is 0 Å². The molecule has 0 heterocycles. The van der Waals surface area contributed by atoms with Gasteiger partial charge >= 0.3 is 5.97 Å². The van der Waals surface area contributed by atoms with E-state index >= 15 is 0 Å².